The van der Waals surface area contributed by atoms with Crippen molar-refractivity contribution < 1.29 is 18.3 Å². The molecule has 0 spiro atoms. The van der Waals surface area contributed by atoms with Gasteiger partial charge in [-0.05, 0) is 32.9 Å². The van der Waals surface area contributed by atoms with E-state index in [4.69, 9.17) is 4.74 Å². The predicted molar refractivity (Wildman–Crippen MR) is 123 cm³/mol. The van der Waals surface area contributed by atoms with Gasteiger partial charge >= 0.3 is 6.61 Å². The maximum atomic E-state index is 12.7. The van der Waals surface area contributed by atoms with Crippen molar-refractivity contribution in [2.75, 3.05) is 20.2 Å². The summed E-state index contributed by atoms with van der Waals surface area (Å²) >= 11 is 1.69. The monoisotopic (exact) mass is 540 g/mol. The average Bonchev–Trinajstić information content (AvgIpc) is 2.97. The zero-order chi connectivity index (χ0) is 20.5. The van der Waals surface area contributed by atoms with Crippen molar-refractivity contribution in [1.29, 1.82) is 0 Å². The molecule has 0 saturated carbocycles. The van der Waals surface area contributed by atoms with Crippen LogP contribution in [0.4, 0.5) is 8.78 Å². The Morgan fingerprint density at radius 2 is 2.03 bits per heavy atom. The van der Waals surface area contributed by atoms with Gasteiger partial charge in [-0.15, -0.1) is 35.3 Å². The lowest BCUT2D eigenvalue weighted by Gasteiger charge is -2.13. The molecule has 0 aliphatic heterocycles. The molecule has 0 saturated heterocycles. The summed E-state index contributed by atoms with van der Waals surface area (Å²) in [6.45, 7) is 4.66. The van der Waals surface area contributed by atoms with E-state index in [-0.39, 0.29) is 36.3 Å². The third-order valence-corrected chi connectivity index (χ3v) is 5.08. The van der Waals surface area contributed by atoms with Gasteiger partial charge in [-0.1, -0.05) is 0 Å². The average molecular weight is 540 g/mol. The van der Waals surface area contributed by atoms with Crippen LogP contribution in [0.5, 0.6) is 11.5 Å². The zero-order valence-corrected chi connectivity index (χ0v) is 20.1. The summed E-state index contributed by atoms with van der Waals surface area (Å²) in [5, 5.41) is 7.46. The van der Waals surface area contributed by atoms with E-state index >= 15 is 0 Å². The highest BCUT2D eigenvalue weighted by atomic mass is 127. The van der Waals surface area contributed by atoms with Crippen LogP contribution in [0.2, 0.25) is 0 Å². The molecule has 0 unspecified atom stereocenters. The van der Waals surface area contributed by atoms with E-state index in [9.17, 15) is 8.78 Å². The molecule has 29 heavy (non-hydrogen) atoms. The molecule has 1 aromatic carbocycles. The fourth-order valence-corrected chi connectivity index (χ4v) is 3.37. The van der Waals surface area contributed by atoms with Crippen molar-refractivity contribution in [1.82, 2.24) is 15.6 Å². The number of guanidine groups is 1. The fourth-order valence-electron chi connectivity index (χ4n) is 2.44. The second kappa shape index (κ2) is 12.8. The first-order chi connectivity index (χ1) is 13.4. The molecule has 0 aliphatic rings. The number of aryl methyl sites for hydroxylation is 2. The Labute approximate surface area is 191 Å². The van der Waals surface area contributed by atoms with Gasteiger partial charge in [0.2, 0.25) is 0 Å². The molecule has 2 aromatic rings. The molecule has 10 heteroatoms. The fraction of sp³-hybridized carbons (Fsp3) is 0.474. The number of aromatic nitrogens is 1. The number of thiazole rings is 1. The van der Waals surface area contributed by atoms with Crippen LogP contribution in [-0.4, -0.2) is 37.8 Å². The van der Waals surface area contributed by atoms with E-state index in [1.807, 2.05) is 13.8 Å². The van der Waals surface area contributed by atoms with Crippen molar-refractivity contribution in [3.8, 4) is 11.5 Å². The van der Waals surface area contributed by atoms with Crippen molar-refractivity contribution in [3.63, 3.8) is 0 Å². The molecular weight excluding hydrogens is 513 g/mol. The number of ether oxygens (including phenoxy) is 2. The van der Waals surface area contributed by atoms with Gasteiger partial charge in [-0.25, -0.2) is 9.98 Å². The van der Waals surface area contributed by atoms with E-state index in [2.05, 4.69) is 32.3 Å². The van der Waals surface area contributed by atoms with Crippen LogP contribution in [0.1, 0.15) is 28.1 Å². The van der Waals surface area contributed by atoms with Gasteiger partial charge in [0, 0.05) is 36.0 Å². The Morgan fingerprint density at radius 3 is 2.62 bits per heavy atom. The quantitative estimate of drug-likeness (QED) is 0.283. The lowest BCUT2D eigenvalue weighted by molar-refractivity contribution is -0.0505. The van der Waals surface area contributed by atoms with Gasteiger partial charge in [0.15, 0.2) is 5.96 Å². The molecule has 0 radical (unpaired) electrons. The molecule has 1 heterocycles. The normalized spacial score (nSPS) is 11.2. The number of methoxy groups -OCH3 is 1. The molecule has 0 aliphatic carbocycles. The number of nitrogens with zero attached hydrogens (tertiary/aromatic N) is 2. The van der Waals surface area contributed by atoms with Crippen molar-refractivity contribution >= 4 is 41.3 Å². The number of rotatable bonds is 9. The van der Waals surface area contributed by atoms with Gasteiger partial charge < -0.3 is 20.1 Å². The first kappa shape index (κ1) is 25.3. The molecule has 0 atom stereocenters. The van der Waals surface area contributed by atoms with Gasteiger partial charge in [0.05, 0.1) is 24.4 Å². The Morgan fingerprint density at radius 1 is 1.28 bits per heavy atom. The summed E-state index contributed by atoms with van der Waals surface area (Å²) in [6, 6.07) is 4.80. The second-order valence-electron chi connectivity index (χ2n) is 5.97. The van der Waals surface area contributed by atoms with Crippen LogP contribution in [0, 0.1) is 13.8 Å². The highest BCUT2D eigenvalue weighted by Gasteiger charge is 2.11. The SMILES string of the molecule is CCNC(=NCc1ccc(OC)cc1OC(F)F)NCCc1nc(C)c(C)s1.I. The maximum absolute atomic E-state index is 12.7. The first-order valence-corrected chi connectivity index (χ1v) is 9.81. The lowest BCUT2D eigenvalue weighted by atomic mass is 10.2. The summed E-state index contributed by atoms with van der Waals surface area (Å²) in [7, 11) is 1.47. The Balaban J connectivity index is 0.00000420. The summed E-state index contributed by atoms with van der Waals surface area (Å²) in [5.41, 5.74) is 1.61. The van der Waals surface area contributed by atoms with Crippen LogP contribution >= 0.6 is 35.3 Å². The number of hydrogen-bond acceptors (Lipinski definition) is 5. The minimum Gasteiger partial charge on any atom is -0.497 e. The van der Waals surface area contributed by atoms with Crippen LogP contribution in [0.15, 0.2) is 23.2 Å². The number of halogens is 3. The van der Waals surface area contributed by atoms with E-state index in [0.29, 0.717) is 30.4 Å². The molecule has 0 bridgehead atoms. The Kier molecular flexibility index (Phi) is 11.2. The summed E-state index contributed by atoms with van der Waals surface area (Å²) in [5.74, 6) is 1.11. The van der Waals surface area contributed by atoms with Gasteiger partial charge in [-0.3, -0.25) is 0 Å². The molecule has 162 valence electrons. The molecular formula is C19H27F2IN4O2S. The smallest absolute Gasteiger partial charge is 0.387 e. The Hall–Kier alpha value is -1.69. The predicted octanol–water partition coefficient (Wildman–Crippen LogP) is 4.29. The summed E-state index contributed by atoms with van der Waals surface area (Å²) in [6.07, 6.45) is 0.784. The van der Waals surface area contributed by atoms with E-state index in [1.165, 1.54) is 18.1 Å². The molecule has 6 nitrogen and oxygen atoms in total. The number of nitrogens with one attached hydrogen (secondary N) is 2. The third-order valence-electron chi connectivity index (χ3n) is 3.95. The first-order valence-electron chi connectivity index (χ1n) is 8.99. The largest absolute Gasteiger partial charge is 0.497 e. The standard InChI is InChI=1S/C19H26F2N4O2S.HI/c1-5-22-19(23-9-8-17-25-12(2)13(3)28-17)24-11-14-6-7-15(26-4)10-16(14)27-18(20)21;/h6-7,10,18H,5,8-9,11H2,1-4H3,(H2,22,23,24);1H. The number of alkyl halides is 2. The van der Waals surface area contributed by atoms with E-state index < -0.39 is 6.61 Å². The molecule has 0 amide bonds. The van der Waals surface area contributed by atoms with Crippen molar-refractivity contribution in [2.45, 2.75) is 40.3 Å². The van der Waals surface area contributed by atoms with Gasteiger partial charge in [0.1, 0.15) is 11.5 Å². The maximum Gasteiger partial charge on any atom is 0.387 e. The van der Waals surface area contributed by atoms with Crippen molar-refractivity contribution in [2.24, 2.45) is 4.99 Å². The topological polar surface area (TPSA) is 67.8 Å². The van der Waals surface area contributed by atoms with Crippen molar-refractivity contribution in [3.05, 3.63) is 39.3 Å². The Bertz CT molecular complexity index is 783. The summed E-state index contributed by atoms with van der Waals surface area (Å²) in [4.78, 5) is 10.2. The highest BCUT2D eigenvalue weighted by Crippen LogP contribution is 2.27. The third kappa shape index (κ3) is 8.29. The minimum atomic E-state index is -2.91. The molecule has 2 rings (SSSR count). The molecule has 2 N–H and O–H groups in total. The van der Waals surface area contributed by atoms with Crippen LogP contribution in [0.25, 0.3) is 0 Å². The van der Waals surface area contributed by atoms with E-state index in [1.54, 1.807) is 23.5 Å². The molecule has 1 aromatic heterocycles. The van der Waals surface area contributed by atoms with Crippen LogP contribution in [0.3, 0.4) is 0 Å². The minimum absolute atomic E-state index is 0. The van der Waals surface area contributed by atoms with E-state index in [0.717, 1.165) is 17.1 Å². The van der Waals surface area contributed by atoms with Crippen LogP contribution < -0.4 is 20.1 Å². The number of aliphatic imine (C=N–C) groups is 1. The van der Waals surface area contributed by atoms with Crippen LogP contribution in [-0.2, 0) is 13.0 Å². The number of benzene rings is 1. The van der Waals surface area contributed by atoms with Gasteiger partial charge in [0.25, 0.3) is 0 Å². The number of hydrogen-bond donors (Lipinski definition) is 2. The summed E-state index contributed by atoms with van der Waals surface area (Å²) < 4.78 is 35.0. The molecule has 0 fully saturated rings. The zero-order valence-electron chi connectivity index (χ0n) is 16.9. The van der Waals surface area contributed by atoms with Gasteiger partial charge in [-0.2, -0.15) is 8.78 Å². The highest BCUT2D eigenvalue weighted by molar-refractivity contribution is 14.0. The lowest BCUT2D eigenvalue weighted by Crippen LogP contribution is -2.38. The second-order valence-corrected chi connectivity index (χ2v) is 7.26.